The second-order valence-electron chi connectivity index (χ2n) is 4.43. The number of methoxy groups -OCH3 is 1. The predicted molar refractivity (Wildman–Crippen MR) is 65.1 cm³/mol. The molecule has 2 rings (SSSR count). The van der Waals surface area contributed by atoms with Crippen LogP contribution in [0.4, 0.5) is 0 Å². The van der Waals surface area contributed by atoms with Crippen molar-refractivity contribution >= 4 is 0 Å². The molecule has 0 saturated carbocycles. The summed E-state index contributed by atoms with van der Waals surface area (Å²) in [7, 11) is 1.59. The molecule has 90 valence electrons. The summed E-state index contributed by atoms with van der Waals surface area (Å²) in [6, 6.07) is 3.73. The molecular weight excluding hydrogens is 216 g/mol. The maximum atomic E-state index is 6.09. The van der Waals surface area contributed by atoms with Crippen LogP contribution in [0.15, 0.2) is 30.9 Å². The monoisotopic (exact) mass is 232 g/mol. The fraction of sp³-hybridized carbons (Fsp3) is 0.333. The van der Waals surface area contributed by atoms with Gasteiger partial charge in [-0.05, 0) is 19.9 Å². The summed E-state index contributed by atoms with van der Waals surface area (Å²) in [5.41, 5.74) is 7.49. The Hall–Kier alpha value is -1.88. The first-order valence-electron chi connectivity index (χ1n) is 5.34. The van der Waals surface area contributed by atoms with Gasteiger partial charge >= 0.3 is 0 Å². The summed E-state index contributed by atoms with van der Waals surface area (Å²) in [5.74, 6) is 0.586. The fourth-order valence-electron chi connectivity index (χ4n) is 1.61. The Kier molecular flexibility index (Phi) is 2.85. The van der Waals surface area contributed by atoms with E-state index in [9.17, 15) is 0 Å². The van der Waals surface area contributed by atoms with Crippen molar-refractivity contribution in [1.82, 2.24) is 14.5 Å². The largest absolute Gasteiger partial charge is 0.481 e. The van der Waals surface area contributed by atoms with E-state index in [1.165, 1.54) is 0 Å². The molecule has 2 N–H and O–H groups in total. The van der Waals surface area contributed by atoms with Crippen molar-refractivity contribution in [2.75, 3.05) is 7.11 Å². The van der Waals surface area contributed by atoms with Crippen LogP contribution in [0.1, 0.15) is 19.5 Å². The van der Waals surface area contributed by atoms with Gasteiger partial charge in [0.1, 0.15) is 0 Å². The Bertz CT molecular complexity index is 496. The van der Waals surface area contributed by atoms with Gasteiger partial charge in [-0.3, -0.25) is 4.57 Å². The van der Waals surface area contributed by atoms with Gasteiger partial charge in [-0.1, -0.05) is 0 Å². The number of pyridine rings is 1. The SMILES string of the molecule is COc1ccc(-n2cncc2C(C)(C)N)cn1. The highest BCUT2D eigenvalue weighted by atomic mass is 16.5. The Morgan fingerprint density at radius 3 is 2.59 bits per heavy atom. The Morgan fingerprint density at radius 1 is 1.29 bits per heavy atom. The molecule has 0 spiro atoms. The number of ether oxygens (including phenoxy) is 1. The number of aromatic nitrogens is 3. The van der Waals surface area contributed by atoms with E-state index in [-0.39, 0.29) is 0 Å². The molecule has 5 nitrogen and oxygen atoms in total. The van der Waals surface area contributed by atoms with Crippen LogP contribution >= 0.6 is 0 Å². The van der Waals surface area contributed by atoms with Crippen molar-refractivity contribution in [3.05, 3.63) is 36.5 Å². The van der Waals surface area contributed by atoms with Crippen molar-refractivity contribution in [2.45, 2.75) is 19.4 Å². The maximum Gasteiger partial charge on any atom is 0.213 e. The third kappa shape index (κ3) is 2.29. The number of hydrogen-bond acceptors (Lipinski definition) is 4. The third-order valence-electron chi connectivity index (χ3n) is 2.51. The second-order valence-corrected chi connectivity index (χ2v) is 4.43. The molecule has 0 unspecified atom stereocenters. The topological polar surface area (TPSA) is 66.0 Å². The highest BCUT2D eigenvalue weighted by Gasteiger charge is 2.19. The highest BCUT2D eigenvalue weighted by Crippen LogP contribution is 2.20. The fourth-order valence-corrected chi connectivity index (χ4v) is 1.61. The van der Waals surface area contributed by atoms with Crippen LogP contribution in [-0.4, -0.2) is 21.6 Å². The van der Waals surface area contributed by atoms with Crippen LogP contribution in [0.3, 0.4) is 0 Å². The molecule has 0 aliphatic heterocycles. The van der Waals surface area contributed by atoms with Crippen molar-refractivity contribution in [3.8, 4) is 11.6 Å². The molecule has 2 aromatic heterocycles. The minimum atomic E-state index is -0.448. The molecule has 0 amide bonds. The molecule has 0 atom stereocenters. The molecule has 2 heterocycles. The zero-order chi connectivity index (χ0) is 12.5. The number of rotatable bonds is 3. The van der Waals surface area contributed by atoms with Crippen molar-refractivity contribution < 1.29 is 4.74 Å². The summed E-state index contributed by atoms with van der Waals surface area (Å²) in [5, 5.41) is 0. The molecule has 0 aromatic carbocycles. The smallest absolute Gasteiger partial charge is 0.213 e. The van der Waals surface area contributed by atoms with E-state index >= 15 is 0 Å². The Labute approximate surface area is 100 Å². The van der Waals surface area contributed by atoms with E-state index < -0.39 is 5.54 Å². The molecule has 2 aromatic rings. The van der Waals surface area contributed by atoms with Crippen LogP contribution < -0.4 is 10.5 Å². The van der Waals surface area contributed by atoms with E-state index in [1.54, 1.807) is 25.8 Å². The van der Waals surface area contributed by atoms with Crippen molar-refractivity contribution in [1.29, 1.82) is 0 Å². The van der Waals surface area contributed by atoms with Crippen LogP contribution in [0.25, 0.3) is 5.69 Å². The lowest BCUT2D eigenvalue weighted by Gasteiger charge is -2.20. The lowest BCUT2D eigenvalue weighted by Crippen LogP contribution is -2.31. The van der Waals surface area contributed by atoms with Gasteiger partial charge in [0.2, 0.25) is 5.88 Å². The molecule has 0 aliphatic rings. The normalized spacial score (nSPS) is 11.5. The quantitative estimate of drug-likeness (QED) is 0.870. The van der Waals surface area contributed by atoms with Gasteiger partial charge in [0.25, 0.3) is 0 Å². The molecule has 0 aliphatic carbocycles. The zero-order valence-electron chi connectivity index (χ0n) is 10.2. The van der Waals surface area contributed by atoms with E-state index in [1.807, 2.05) is 30.5 Å². The minimum absolute atomic E-state index is 0.448. The van der Waals surface area contributed by atoms with E-state index in [2.05, 4.69) is 9.97 Å². The number of nitrogens with two attached hydrogens (primary N) is 1. The van der Waals surface area contributed by atoms with Crippen LogP contribution in [0.5, 0.6) is 5.88 Å². The van der Waals surface area contributed by atoms with Crippen LogP contribution in [-0.2, 0) is 5.54 Å². The zero-order valence-corrected chi connectivity index (χ0v) is 10.2. The molecule has 0 bridgehead atoms. The van der Waals surface area contributed by atoms with E-state index in [4.69, 9.17) is 10.5 Å². The number of hydrogen-bond donors (Lipinski definition) is 1. The summed E-state index contributed by atoms with van der Waals surface area (Å²) >= 11 is 0. The molecule has 0 saturated heterocycles. The van der Waals surface area contributed by atoms with E-state index in [0.717, 1.165) is 11.4 Å². The summed E-state index contributed by atoms with van der Waals surface area (Å²) in [6.45, 7) is 3.88. The first-order chi connectivity index (χ1) is 8.02. The Morgan fingerprint density at radius 2 is 2.06 bits per heavy atom. The van der Waals surface area contributed by atoms with Crippen molar-refractivity contribution in [3.63, 3.8) is 0 Å². The van der Waals surface area contributed by atoms with Gasteiger partial charge in [0, 0.05) is 6.07 Å². The number of nitrogens with zero attached hydrogens (tertiary/aromatic N) is 3. The average Bonchev–Trinajstić information content (AvgIpc) is 2.78. The summed E-state index contributed by atoms with van der Waals surface area (Å²) in [6.07, 6.45) is 5.23. The first kappa shape index (κ1) is 11.6. The van der Waals surface area contributed by atoms with Gasteiger partial charge in [-0.2, -0.15) is 0 Å². The molecule has 0 radical (unpaired) electrons. The number of imidazole rings is 1. The predicted octanol–water partition coefficient (Wildman–Crippen LogP) is 1.47. The maximum absolute atomic E-state index is 6.09. The van der Waals surface area contributed by atoms with Gasteiger partial charge in [-0.15, -0.1) is 0 Å². The summed E-state index contributed by atoms with van der Waals surface area (Å²) < 4.78 is 6.95. The van der Waals surface area contributed by atoms with Gasteiger partial charge in [0.05, 0.1) is 42.8 Å². The first-order valence-corrected chi connectivity index (χ1v) is 5.34. The van der Waals surface area contributed by atoms with Gasteiger partial charge < -0.3 is 10.5 Å². The van der Waals surface area contributed by atoms with Crippen LogP contribution in [0.2, 0.25) is 0 Å². The molecule has 17 heavy (non-hydrogen) atoms. The van der Waals surface area contributed by atoms with Crippen molar-refractivity contribution in [2.24, 2.45) is 5.73 Å². The average molecular weight is 232 g/mol. The third-order valence-corrected chi connectivity index (χ3v) is 2.51. The minimum Gasteiger partial charge on any atom is -0.481 e. The summed E-state index contributed by atoms with van der Waals surface area (Å²) in [4.78, 5) is 8.30. The molecular formula is C12H16N4O. The van der Waals surface area contributed by atoms with Gasteiger partial charge in [-0.25, -0.2) is 9.97 Å². The lowest BCUT2D eigenvalue weighted by atomic mass is 10.0. The molecule has 5 heteroatoms. The lowest BCUT2D eigenvalue weighted by molar-refractivity contribution is 0.397. The standard InChI is InChI=1S/C12H16N4O/c1-12(2,13)10-7-14-8-16(10)9-4-5-11(17-3)15-6-9/h4-8H,13H2,1-3H3. The van der Waals surface area contributed by atoms with E-state index in [0.29, 0.717) is 5.88 Å². The van der Waals surface area contributed by atoms with Gasteiger partial charge in [0.15, 0.2) is 0 Å². The second kappa shape index (κ2) is 4.18. The highest BCUT2D eigenvalue weighted by molar-refractivity contribution is 5.34. The molecule has 0 fully saturated rings. The Balaban J connectivity index is 2.43. The van der Waals surface area contributed by atoms with Crippen LogP contribution in [0, 0.1) is 0 Å².